The zero-order valence-corrected chi connectivity index (χ0v) is 15.6. The van der Waals surface area contributed by atoms with Crippen LogP contribution in [-0.4, -0.2) is 46.3 Å². The van der Waals surface area contributed by atoms with Gasteiger partial charge in [-0.3, -0.25) is 19.3 Å². The molecule has 0 bridgehead atoms. The van der Waals surface area contributed by atoms with Gasteiger partial charge in [0.15, 0.2) is 0 Å². The SMILES string of the molecule is CCCC(NC(=O)CCCN1C(=O)c2cccc3cccc(c23)C1=O)C(=O)O. The summed E-state index contributed by atoms with van der Waals surface area (Å²) in [6.07, 6.45) is 1.29. The smallest absolute Gasteiger partial charge is 0.326 e. The van der Waals surface area contributed by atoms with E-state index in [4.69, 9.17) is 5.11 Å². The van der Waals surface area contributed by atoms with Crippen LogP contribution >= 0.6 is 0 Å². The van der Waals surface area contributed by atoms with E-state index in [2.05, 4.69) is 5.32 Å². The van der Waals surface area contributed by atoms with Crippen LogP contribution in [0.25, 0.3) is 10.8 Å². The maximum absolute atomic E-state index is 12.8. The first-order chi connectivity index (χ1) is 13.4. The third-order valence-electron chi connectivity index (χ3n) is 4.85. The highest BCUT2D eigenvalue weighted by Gasteiger charge is 2.32. The van der Waals surface area contributed by atoms with Gasteiger partial charge in [0, 0.05) is 29.5 Å². The molecule has 1 aliphatic heterocycles. The predicted octanol–water partition coefficient (Wildman–Crippen LogP) is 2.59. The Kier molecular flexibility index (Phi) is 5.73. The first-order valence-corrected chi connectivity index (χ1v) is 9.34. The summed E-state index contributed by atoms with van der Waals surface area (Å²) in [7, 11) is 0. The molecule has 1 unspecified atom stereocenters. The van der Waals surface area contributed by atoms with Crippen molar-refractivity contribution < 1.29 is 24.3 Å². The molecule has 1 atom stereocenters. The second kappa shape index (κ2) is 8.21. The molecular weight excluding hydrogens is 360 g/mol. The van der Waals surface area contributed by atoms with Gasteiger partial charge >= 0.3 is 5.97 Å². The molecule has 0 saturated heterocycles. The van der Waals surface area contributed by atoms with Gasteiger partial charge < -0.3 is 10.4 Å². The minimum atomic E-state index is -1.07. The molecule has 0 saturated carbocycles. The molecule has 2 aromatic carbocycles. The van der Waals surface area contributed by atoms with Gasteiger partial charge in [0.05, 0.1) is 0 Å². The first kappa shape index (κ1) is 19.5. The molecule has 28 heavy (non-hydrogen) atoms. The molecule has 0 spiro atoms. The monoisotopic (exact) mass is 382 g/mol. The maximum Gasteiger partial charge on any atom is 0.326 e. The number of hydrogen-bond acceptors (Lipinski definition) is 4. The molecule has 1 aliphatic rings. The number of imide groups is 1. The number of carbonyl (C=O) groups excluding carboxylic acids is 3. The van der Waals surface area contributed by atoms with Crippen molar-refractivity contribution >= 4 is 34.5 Å². The minimum absolute atomic E-state index is 0.0381. The van der Waals surface area contributed by atoms with Gasteiger partial charge in [-0.25, -0.2) is 4.79 Å². The molecule has 3 rings (SSSR count). The largest absolute Gasteiger partial charge is 0.480 e. The van der Waals surface area contributed by atoms with Crippen molar-refractivity contribution in [1.29, 1.82) is 0 Å². The summed E-state index contributed by atoms with van der Waals surface area (Å²) in [5.41, 5.74) is 0.956. The van der Waals surface area contributed by atoms with Crippen molar-refractivity contribution in [3.05, 3.63) is 47.5 Å². The Bertz CT molecular complexity index is 902. The van der Waals surface area contributed by atoms with Crippen LogP contribution in [-0.2, 0) is 9.59 Å². The molecular formula is C21H22N2O5. The van der Waals surface area contributed by atoms with Crippen LogP contribution in [0.15, 0.2) is 36.4 Å². The highest BCUT2D eigenvalue weighted by Crippen LogP contribution is 2.30. The Labute approximate surface area is 162 Å². The zero-order chi connectivity index (χ0) is 20.3. The highest BCUT2D eigenvalue weighted by atomic mass is 16.4. The van der Waals surface area contributed by atoms with Gasteiger partial charge in [-0.1, -0.05) is 37.6 Å². The Balaban J connectivity index is 1.66. The third-order valence-corrected chi connectivity index (χ3v) is 4.85. The molecule has 7 heteroatoms. The average molecular weight is 382 g/mol. The lowest BCUT2D eigenvalue weighted by Gasteiger charge is -2.27. The number of benzene rings is 2. The van der Waals surface area contributed by atoms with Gasteiger partial charge in [0.1, 0.15) is 6.04 Å². The Hall–Kier alpha value is -3.22. The normalized spacial score (nSPS) is 14.2. The topological polar surface area (TPSA) is 104 Å². The van der Waals surface area contributed by atoms with Gasteiger partial charge in [-0.05, 0) is 30.4 Å². The summed E-state index contributed by atoms with van der Waals surface area (Å²) in [6, 6.07) is 9.75. The molecule has 0 radical (unpaired) electrons. The summed E-state index contributed by atoms with van der Waals surface area (Å²) in [4.78, 5) is 49.8. The first-order valence-electron chi connectivity index (χ1n) is 9.34. The molecule has 146 valence electrons. The number of carboxylic acid groups (broad SMARTS) is 1. The number of amides is 3. The standard InChI is InChI=1S/C21H22N2O5/c1-2-6-16(21(27)28)22-17(24)11-5-12-23-19(25)14-9-3-7-13-8-4-10-15(18(13)14)20(23)26/h3-4,7-10,16H,2,5-6,11-12H2,1H3,(H,22,24)(H,27,28). The van der Waals surface area contributed by atoms with E-state index >= 15 is 0 Å². The van der Waals surface area contributed by atoms with E-state index in [-0.39, 0.29) is 31.2 Å². The van der Waals surface area contributed by atoms with Gasteiger partial charge in [0.2, 0.25) is 5.91 Å². The second-order valence-corrected chi connectivity index (χ2v) is 6.82. The third kappa shape index (κ3) is 3.74. The predicted molar refractivity (Wildman–Crippen MR) is 103 cm³/mol. The number of carboxylic acids is 1. The average Bonchev–Trinajstić information content (AvgIpc) is 2.68. The second-order valence-electron chi connectivity index (χ2n) is 6.82. The summed E-state index contributed by atoms with van der Waals surface area (Å²) >= 11 is 0. The van der Waals surface area contributed by atoms with Crippen molar-refractivity contribution in [1.82, 2.24) is 10.2 Å². The Morgan fingerprint density at radius 2 is 1.68 bits per heavy atom. The number of nitrogens with one attached hydrogen (secondary N) is 1. The van der Waals surface area contributed by atoms with Crippen molar-refractivity contribution in [2.45, 2.75) is 38.6 Å². The molecule has 7 nitrogen and oxygen atoms in total. The number of aliphatic carboxylic acids is 1. The van der Waals surface area contributed by atoms with Crippen molar-refractivity contribution in [3.63, 3.8) is 0 Å². The lowest BCUT2D eigenvalue weighted by atomic mass is 9.94. The van der Waals surface area contributed by atoms with Crippen LogP contribution < -0.4 is 5.32 Å². The summed E-state index contributed by atoms with van der Waals surface area (Å²) in [5.74, 6) is -2.21. The molecule has 2 N–H and O–H groups in total. The summed E-state index contributed by atoms with van der Waals surface area (Å²) in [6.45, 7) is 1.94. The van der Waals surface area contributed by atoms with Crippen LogP contribution in [0.4, 0.5) is 0 Å². The van der Waals surface area contributed by atoms with E-state index in [0.717, 1.165) is 10.3 Å². The van der Waals surface area contributed by atoms with E-state index in [0.29, 0.717) is 29.4 Å². The van der Waals surface area contributed by atoms with E-state index in [1.54, 1.807) is 24.3 Å². The van der Waals surface area contributed by atoms with Crippen LogP contribution in [0.2, 0.25) is 0 Å². The molecule has 3 amide bonds. The molecule has 0 fully saturated rings. The van der Waals surface area contributed by atoms with E-state index in [1.165, 1.54) is 0 Å². The molecule has 1 heterocycles. The van der Waals surface area contributed by atoms with E-state index < -0.39 is 17.9 Å². The van der Waals surface area contributed by atoms with Crippen LogP contribution in [0.1, 0.15) is 53.3 Å². The van der Waals surface area contributed by atoms with Crippen LogP contribution in [0.5, 0.6) is 0 Å². The Morgan fingerprint density at radius 3 is 2.21 bits per heavy atom. The molecule has 2 aromatic rings. The number of rotatable bonds is 8. The van der Waals surface area contributed by atoms with Gasteiger partial charge in [0.25, 0.3) is 11.8 Å². The summed E-state index contributed by atoms with van der Waals surface area (Å²) < 4.78 is 0. The zero-order valence-electron chi connectivity index (χ0n) is 15.6. The van der Waals surface area contributed by atoms with Crippen molar-refractivity contribution in [2.24, 2.45) is 0 Å². The molecule has 0 aromatic heterocycles. The molecule has 0 aliphatic carbocycles. The maximum atomic E-state index is 12.8. The fraction of sp³-hybridized carbons (Fsp3) is 0.333. The fourth-order valence-electron chi connectivity index (χ4n) is 3.49. The Morgan fingerprint density at radius 1 is 1.07 bits per heavy atom. The number of carbonyl (C=O) groups is 4. The van der Waals surface area contributed by atoms with Gasteiger partial charge in [-0.15, -0.1) is 0 Å². The minimum Gasteiger partial charge on any atom is -0.480 e. The van der Waals surface area contributed by atoms with Crippen molar-refractivity contribution in [3.8, 4) is 0 Å². The van der Waals surface area contributed by atoms with Crippen LogP contribution in [0.3, 0.4) is 0 Å². The fourth-order valence-corrected chi connectivity index (χ4v) is 3.49. The van der Waals surface area contributed by atoms with Gasteiger partial charge in [-0.2, -0.15) is 0 Å². The van der Waals surface area contributed by atoms with E-state index in [9.17, 15) is 19.2 Å². The van der Waals surface area contributed by atoms with Crippen LogP contribution in [0, 0.1) is 0 Å². The summed E-state index contributed by atoms with van der Waals surface area (Å²) in [5, 5.41) is 13.1. The van der Waals surface area contributed by atoms with Crippen molar-refractivity contribution in [2.75, 3.05) is 6.54 Å². The highest BCUT2D eigenvalue weighted by molar-refractivity contribution is 6.25. The lowest BCUT2D eigenvalue weighted by molar-refractivity contribution is -0.142. The lowest BCUT2D eigenvalue weighted by Crippen LogP contribution is -2.42. The van der Waals surface area contributed by atoms with E-state index in [1.807, 2.05) is 19.1 Å². The number of hydrogen-bond donors (Lipinski definition) is 2. The quantitative estimate of drug-likeness (QED) is 0.683. The number of nitrogens with zero attached hydrogens (tertiary/aromatic N) is 1.